The molecule has 2 heterocycles. The van der Waals surface area contributed by atoms with Gasteiger partial charge in [-0.2, -0.15) is 0 Å². The quantitative estimate of drug-likeness (QED) is 0.238. The van der Waals surface area contributed by atoms with Gasteiger partial charge in [0.05, 0.1) is 16.1 Å². The number of nitrogens with zero attached hydrogens (tertiary/aromatic N) is 1. The van der Waals surface area contributed by atoms with Gasteiger partial charge in [0.2, 0.25) is 0 Å². The van der Waals surface area contributed by atoms with E-state index in [0.717, 1.165) is 50.9 Å². The van der Waals surface area contributed by atoms with Gasteiger partial charge in [0.25, 0.3) is 5.91 Å². The summed E-state index contributed by atoms with van der Waals surface area (Å²) in [5.41, 5.74) is 0.171. The van der Waals surface area contributed by atoms with Crippen molar-refractivity contribution in [2.24, 2.45) is 0 Å². The molecule has 2 aliphatic heterocycles. The highest BCUT2D eigenvalue weighted by Crippen LogP contribution is 2.40. The zero-order valence-corrected chi connectivity index (χ0v) is 19.4. The highest BCUT2D eigenvalue weighted by Gasteiger charge is 2.30. The van der Waals surface area contributed by atoms with Crippen LogP contribution in [0.4, 0.5) is 0 Å². The topological polar surface area (TPSA) is 94.2 Å². The van der Waals surface area contributed by atoms with Crippen LogP contribution in [0.25, 0.3) is 0 Å². The molecule has 1 saturated heterocycles. The molecule has 0 aromatic heterocycles. The molecule has 1 fully saturated rings. The number of hydrogen-bond acceptors (Lipinski definition) is 7. The number of amides is 1. The molecule has 0 saturated carbocycles. The summed E-state index contributed by atoms with van der Waals surface area (Å²) in [6.45, 7) is 7.25. The first kappa shape index (κ1) is 24.2. The molecule has 0 aliphatic carbocycles. The summed E-state index contributed by atoms with van der Waals surface area (Å²) in [5, 5.41) is 3.33. The fourth-order valence-electron chi connectivity index (χ4n) is 3.48. The molecule has 0 atom stereocenters. The summed E-state index contributed by atoms with van der Waals surface area (Å²) < 4.78 is 16.9. The van der Waals surface area contributed by atoms with Crippen LogP contribution in [-0.2, 0) is 14.3 Å². The lowest BCUT2D eigenvalue weighted by atomic mass is 10.1. The molecular formula is C23H27BrN2O6. The monoisotopic (exact) mass is 506 g/mol. The van der Waals surface area contributed by atoms with Gasteiger partial charge in [-0.15, -0.1) is 6.58 Å². The highest BCUT2D eigenvalue weighted by molar-refractivity contribution is 9.10. The van der Waals surface area contributed by atoms with Crippen molar-refractivity contribution in [2.45, 2.75) is 31.8 Å². The molecule has 1 aromatic rings. The smallest absolute Gasteiger partial charge is 0.336 e. The fraction of sp³-hybridized carbons (Fsp3) is 0.435. The van der Waals surface area contributed by atoms with Crippen LogP contribution in [0.2, 0.25) is 0 Å². The third-order valence-electron chi connectivity index (χ3n) is 5.16. The molecule has 0 unspecified atom stereocenters. The van der Waals surface area contributed by atoms with Crippen molar-refractivity contribution in [1.29, 1.82) is 0 Å². The Morgan fingerprint density at radius 1 is 1.16 bits per heavy atom. The van der Waals surface area contributed by atoms with E-state index in [1.54, 1.807) is 17.0 Å². The molecule has 2 aliphatic rings. The SMILES string of the molecule is C=CCCNCCCOC1CCN(C(=O)c2ccc(Br)c3c2OC(=O)/C=C/C(=O)O3)CC1. The number of ether oxygens (including phenoxy) is 3. The lowest BCUT2D eigenvalue weighted by Gasteiger charge is -2.32. The second-order valence-electron chi connectivity index (χ2n) is 7.47. The first-order chi connectivity index (χ1) is 15.5. The minimum atomic E-state index is -0.749. The summed E-state index contributed by atoms with van der Waals surface area (Å²) in [6, 6.07) is 3.15. The third kappa shape index (κ3) is 6.51. The van der Waals surface area contributed by atoms with Crippen LogP contribution in [0.15, 0.2) is 41.4 Å². The predicted octanol–water partition coefficient (Wildman–Crippen LogP) is 3.01. The zero-order chi connectivity index (χ0) is 22.9. The maximum atomic E-state index is 13.2. The van der Waals surface area contributed by atoms with Crippen LogP contribution in [0.5, 0.6) is 11.5 Å². The molecule has 9 heteroatoms. The third-order valence-corrected chi connectivity index (χ3v) is 5.79. The van der Waals surface area contributed by atoms with Gasteiger partial charge in [0.1, 0.15) is 0 Å². The number of nitrogens with one attached hydrogen (secondary N) is 1. The second-order valence-corrected chi connectivity index (χ2v) is 8.33. The summed E-state index contributed by atoms with van der Waals surface area (Å²) in [7, 11) is 0. The van der Waals surface area contributed by atoms with Gasteiger partial charge >= 0.3 is 11.9 Å². The first-order valence-corrected chi connectivity index (χ1v) is 11.5. The van der Waals surface area contributed by atoms with E-state index in [1.165, 1.54) is 0 Å². The molecule has 0 radical (unpaired) electrons. The van der Waals surface area contributed by atoms with E-state index < -0.39 is 11.9 Å². The number of halogens is 1. The normalized spacial score (nSPS) is 17.6. The first-order valence-electron chi connectivity index (χ1n) is 10.7. The number of carbonyl (C=O) groups is 3. The molecule has 1 N–H and O–H groups in total. The lowest BCUT2D eigenvalue weighted by Crippen LogP contribution is -2.41. The zero-order valence-electron chi connectivity index (χ0n) is 17.8. The van der Waals surface area contributed by atoms with Crippen LogP contribution in [0, 0.1) is 0 Å². The van der Waals surface area contributed by atoms with Crippen molar-refractivity contribution in [3.05, 3.63) is 47.0 Å². The molecule has 1 aromatic carbocycles. The van der Waals surface area contributed by atoms with Gasteiger partial charge in [-0.3, -0.25) is 4.79 Å². The number of hydrogen-bond donors (Lipinski definition) is 1. The van der Waals surface area contributed by atoms with Crippen molar-refractivity contribution in [3.63, 3.8) is 0 Å². The van der Waals surface area contributed by atoms with Gasteiger partial charge in [0, 0.05) is 31.8 Å². The van der Waals surface area contributed by atoms with Crippen LogP contribution in [-0.4, -0.2) is 61.6 Å². The van der Waals surface area contributed by atoms with Crippen molar-refractivity contribution in [3.8, 4) is 11.5 Å². The van der Waals surface area contributed by atoms with Gasteiger partial charge in [-0.1, -0.05) is 6.08 Å². The number of benzene rings is 1. The van der Waals surface area contributed by atoms with Crippen LogP contribution in [0.3, 0.4) is 0 Å². The maximum Gasteiger partial charge on any atom is 0.336 e. The highest BCUT2D eigenvalue weighted by atomic mass is 79.9. The number of fused-ring (bicyclic) bond motifs is 1. The van der Waals surface area contributed by atoms with Crippen molar-refractivity contribution in [1.82, 2.24) is 10.2 Å². The standard InChI is InChI=1S/C23H27BrN2O6/c1-2-3-11-25-12-4-15-30-16-9-13-26(14-10-16)23(29)17-5-6-18(24)22-21(17)31-19(27)7-8-20(28)32-22/h2,5-8,16,25H,1,3-4,9-15H2/b8-7+. The van der Waals surface area contributed by atoms with Crippen molar-refractivity contribution >= 4 is 33.8 Å². The molecule has 32 heavy (non-hydrogen) atoms. The van der Waals surface area contributed by atoms with Crippen LogP contribution in [0.1, 0.15) is 36.0 Å². The van der Waals surface area contributed by atoms with E-state index in [-0.39, 0.29) is 29.1 Å². The summed E-state index contributed by atoms with van der Waals surface area (Å²) in [5.74, 6) is -1.80. The van der Waals surface area contributed by atoms with Gasteiger partial charge in [0.15, 0.2) is 11.5 Å². The van der Waals surface area contributed by atoms with E-state index in [4.69, 9.17) is 14.2 Å². The van der Waals surface area contributed by atoms with E-state index in [1.807, 2.05) is 6.08 Å². The van der Waals surface area contributed by atoms with Gasteiger partial charge < -0.3 is 24.4 Å². The average molecular weight is 507 g/mol. The summed E-state index contributed by atoms with van der Waals surface area (Å²) >= 11 is 3.28. The van der Waals surface area contributed by atoms with Crippen molar-refractivity contribution in [2.75, 3.05) is 32.8 Å². The lowest BCUT2D eigenvalue weighted by molar-refractivity contribution is -0.133. The molecule has 0 spiro atoms. The molecule has 3 rings (SSSR count). The van der Waals surface area contributed by atoms with Crippen LogP contribution >= 0.6 is 15.9 Å². The molecule has 1 amide bonds. The summed E-state index contributed by atoms with van der Waals surface area (Å²) in [6.07, 6.45) is 7.29. The Balaban J connectivity index is 1.56. The summed E-state index contributed by atoms with van der Waals surface area (Å²) in [4.78, 5) is 38.7. The minimum absolute atomic E-state index is 0.0125. The van der Waals surface area contributed by atoms with E-state index in [2.05, 4.69) is 27.8 Å². The fourth-order valence-corrected chi connectivity index (χ4v) is 3.87. The number of esters is 2. The maximum absolute atomic E-state index is 13.2. The minimum Gasteiger partial charge on any atom is -0.418 e. The van der Waals surface area contributed by atoms with E-state index in [0.29, 0.717) is 24.2 Å². The number of carbonyl (C=O) groups excluding carboxylic acids is 3. The Bertz CT molecular complexity index is 893. The number of likely N-dealkylation sites (tertiary alicyclic amines) is 1. The Hall–Kier alpha value is -2.49. The molecule has 8 nitrogen and oxygen atoms in total. The van der Waals surface area contributed by atoms with Crippen LogP contribution < -0.4 is 14.8 Å². The van der Waals surface area contributed by atoms with E-state index in [9.17, 15) is 14.4 Å². The molecule has 172 valence electrons. The van der Waals surface area contributed by atoms with Gasteiger partial charge in [-0.25, -0.2) is 9.59 Å². The number of piperidine rings is 1. The number of rotatable bonds is 9. The predicted molar refractivity (Wildman–Crippen MR) is 122 cm³/mol. The average Bonchev–Trinajstić information content (AvgIpc) is 2.78. The second kappa shape index (κ2) is 11.9. The van der Waals surface area contributed by atoms with E-state index >= 15 is 0 Å². The Labute approximate surface area is 195 Å². The largest absolute Gasteiger partial charge is 0.418 e. The Morgan fingerprint density at radius 2 is 1.84 bits per heavy atom. The Kier molecular flexibility index (Phi) is 9.01. The Morgan fingerprint density at radius 3 is 2.53 bits per heavy atom. The molecule has 0 bridgehead atoms. The van der Waals surface area contributed by atoms with Crippen molar-refractivity contribution < 1.29 is 28.6 Å². The molecular weight excluding hydrogens is 480 g/mol. The van der Waals surface area contributed by atoms with Gasteiger partial charge in [-0.05, 0) is 66.8 Å².